The van der Waals surface area contributed by atoms with Gasteiger partial charge in [0.15, 0.2) is 17.3 Å². The van der Waals surface area contributed by atoms with Crippen molar-refractivity contribution in [2.45, 2.75) is 70.5 Å². The summed E-state index contributed by atoms with van der Waals surface area (Å²) in [6.45, 7) is 4.78. The van der Waals surface area contributed by atoms with Gasteiger partial charge in [-0.2, -0.15) is 39.1 Å². The maximum atomic E-state index is 11.9. The largest absolute Gasteiger partial charge is 0.481 e. The molecule has 3 aliphatic rings. The van der Waals surface area contributed by atoms with Crippen LogP contribution < -0.4 is 47.0 Å². The van der Waals surface area contributed by atoms with E-state index < -0.39 is 38.6 Å². The number of carbonyl (C=O) groups is 2. The fourth-order valence-electron chi connectivity index (χ4n) is 10.0. The van der Waals surface area contributed by atoms with Crippen LogP contribution in [0.2, 0.25) is 0 Å². The monoisotopic (exact) mass is 1210 g/mol. The summed E-state index contributed by atoms with van der Waals surface area (Å²) < 4.78 is 47.1. The van der Waals surface area contributed by atoms with Crippen LogP contribution in [0.5, 0.6) is 0 Å². The number of furan rings is 3. The highest BCUT2D eigenvalue weighted by molar-refractivity contribution is 7.88. The number of unbranched alkanes of at least 4 members (excludes halogenated alkanes) is 3. The van der Waals surface area contributed by atoms with Crippen molar-refractivity contribution < 1.29 is 46.0 Å². The number of hydrogen-bond acceptors (Lipinski definition) is 19. The van der Waals surface area contributed by atoms with Crippen LogP contribution >= 0.6 is 0 Å². The number of rotatable bonds is 20. The number of para-hydroxylation sites is 6. The lowest BCUT2D eigenvalue weighted by molar-refractivity contribution is -0.161. The zero-order valence-corrected chi connectivity index (χ0v) is 49.4. The number of nitrogens with one attached hydrogen (secondary N) is 3. The van der Waals surface area contributed by atoms with Crippen molar-refractivity contribution in [3.05, 3.63) is 254 Å². The standard InChI is InChI=1S/3C17H14N4O.C14H26O7S/c3*1-3-8-14(9-4-1)20-18-17(16-12-7-13-22-16)19-21(20)15-10-5-2-6-11-15;1-4-7-8-9-10-14(12(17)18,22(19,20)21)13(5-2,6-3)11(15)16/h3*1-13H,(H,18,19);4-10H2,1-3H3,(H,15,16)(H,17,18)(H,19,20,21). The van der Waals surface area contributed by atoms with Gasteiger partial charge in [0.05, 0.1) is 58.3 Å². The van der Waals surface area contributed by atoms with Crippen LogP contribution in [-0.4, -0.2) is 57.4 Å². The van der Waals surface area contributed by atoms with Crippen LogP contribution in [-0.2, 0) is 19.7 Å². The topological polar surface area (TPSA) is 261 Å². The minimum Gasteiger partial charge on any atom is -0.481 e. The van der Waals surface area contributed by atoms with Gasteiger partial charge in [-0.05, 0) is 128 Å². The minimum absolute atomic E-state index is 0.210. The van der Waals surface area contributed by atoms with E-state index in [2.05, 4.69) is 31.6 Å². The van der Waals surface area contributed by atoms with E-state index in [9.17, 15) is 32.8 Å². The molecule has 6 aromatic carbocycles. The van der Waals surface area contributed by atoms with Gasteiger partial charge < -0.3 is 23.5 Å². The van der Waals surface area contributed by atoms with Crippen LogP contribution in [0.3, 0.4) is 0 Å². The second kappa shape index (κ2) is 28.9. The Hall–Kier alpha value is -10.8. The number of carboxylic acids is 2. The Morgan fingerprint density at radius 2 is 0.716 bits per heavy atom. The molecule has 88 heavy (non-hydrogen) atoms. The predicted molar refractivity (Wildman–Crippen MR) is 340 cm³/mol. The fourth-order valence-corrected chi connectivity index (χ4v) is 11.5. The number of amidine groups is 3. The van der Waals surface area contributed by atoms with Gasteiger partial charge in [-0.15, -0.1) is 15.3 Å². The highest BCUT2D eigenvalue weighted by Gasteiger charge is 2.67. The Morgan fingerprint density at radius 1 is 0.420 bits per heavy atom. The molecule has 0 radical (unpaired) electrons. The zero-order valence-electron chi connectivity index (χ0n) is 48.6. The maximum Gasteiger partial charge on any atom is 0.328 e. The molecule has 0 aliphatic carbocycles. The molecule has 3 aromatic heterocycles. The van der Waals surface area contributed by atoms with E-state index in [4.69, 9.17) is 13.3 Å². The number of hydrazine groups is 6. The number of hydrogen-bond donors (Lipinski definition) is 6. The molecule has 0 saturated heterocycles. The Labute approximate surface area is 510 Å². The van der Waals surface area contributed by atoms with Gasteiger partial charge in [-0.25, -0.2) is 0 Å². The molecule has 0 saturated carbocycles. The lowest BCUT2D eigenvalue weighted by Crippen LogP contribution is -2.62. The summed E-state index contributed by atoms with van der Waals surface area (Å²) in [7, 11) is -5.12. The van der Waals surface area contributed by atoms with Crippen LogP contribution in [0.4, 0.5) is 34.1 Å². The smallest absolute Gasteiger partial charge is 0.328 e. The summed E-state index contributed by atoms with van der Waals surface area (Å²) in [6.07, 6.45) is 6.50. The van der Waals surface area contributed by atoms with Gasteiger partial charge in [0, 0.05) is 0 Å². The Morgan fingerprint density at radius 3 is 0.943 bits per heavy atom. The van der Waals surface area contributed by atoms with Gasteiger partial charge in [0.25, 0.3) is 10.1 Å². The second-order valence-corrected chi connectivity index (χ2v) is 21.6. The van der Waals surface area contributed by atoms with Gasteiger partial charge in [0.2, 0.25) is 22.3 Å². The number of benzene rings is 6. The number of anilines is 6. The SMILES string of the molecule is CCCCCCC(C(=O)O)(C(CC)(CC)C(=O)O)S(=O)(=O)O.c1ccc(N2N=C(c3ccco3)NN2c2ccccc2)cc1.c1ccc(N2N=C(c3ccco3)NN2c2ccccc2)cc1.c1ccc(N2N=C(c3ccco3)NN2c2ccccc2)cc1. The summed E-state index contributed by atoms with van der Waals surface area (Å²) in [5.41, 5.74) is 13.6. The molecular weight excluding hydrogens is 1140 g/mol. The molecule has 0 bridgehead atoms. The molecule has 6 N–H and O–H groups in total. The van der Waals surface area contributed by atoms with Crippen molar-refractivity contribution in [1.82, 2.24) is 16.3 Å². The summed E-state index contributed by atoms with van der Waals surface area (Å²) in [6, 6.07) is 71.1. The minimum atomic E-state index is -5.12. The molecule has 12 rings (SSSR count). The van der Waals surface area contributed by atoms with E-state index in [1.807, 2.05) is 256 Å². The zero-order chi connectivity index (χ0) is 61.9. The molecule has 23 heteroatoms. The summed E-state index contributed by atoms with van der Waals surface area (Å²) in [5, 5.41) is 44.1. The third-order valence-electron chi connectivity index (χ3n) is 14.6. The molecule has 0 spiro atoms. The van der Waals surface area contributed by atoms with Crippen molar-refractivity contribution in [2.24, 2.45) is 20.7 Å². The van der Waals surface area contributed by atoms with E-state index in [0.29, 0.717) is 41.2 Å². The normalized spacial score (nSPS) is 14.2. The third kappa shape index (κ3) is 13.8. The molecular formula is C65H68N12O10S. The third-order valence-corrected chi connectivity index (χ3v) is 16.2. The number of carboxylic acid groups (broad SMARTS) is 2. The van der Waals surface area contributed by atoms with Crippen LogP contribution in [0.25, 0.3) is 0 Å². The molecule has 22 nitrogen and oxygen atoms in total. The van der Waals surface area contributed by atoms with Gasteiger partial charge in [0.1, 0.15) is 0 Å². The summed E-state index contributed by atoms with van der Waals surface area (Å²) >= 11 is 0. The molecule has 1 unspecified atom stereocenters. The quantitative estimate of drug-likeness (QED) is 0.0306. The van der Waals surface area contributed by atoms with Crippen molar-refractivity contribution in [2.75, 3.05) is 30.7 Å². The first-order chi connectivity index (χ1) is 42.8. The van der Waals surface area contributed by atoms with Crippen LogP contribution in [0.1, 0.15) is 83.0 Å². The first-order valence-corrected chi connectivity index (χ1v) is 30.0. The van der Waals surface area contributed by atoms with Crippen molar-refractivity contribution in [1.29, 1.82) is 0 Å². The second-order valence-electron chi connectivity index (χ2n) is 19.9. The Kier molecular flexibility index (Phi) is 20.3. The number of nitrogens with zero attached hydrogens (tertiary/aromatic N) is 9. The van der Waals surface area contributed by atoms with Crippen LogP contribution in [0.15, 0.2) is 266 Å². The molecule has 9 aromatic rings. The number of aliphatic carboxylic acids is 2. The van der Waals surface area contributed by atoms with Crippen molar-refractivity contribution in [3.8, 4) is 0 Å². The lowest BCUT2D eigenvalue weighted by atomic mass is 9.68. The van der Waals surface area contributed by atoms with E-state index in [-0.39, 0.29) is 19.3 Å². The average molecular weight is 1210 g/mol. The molecule has 1 atom stereocenters. The average Bonchev–Trinajstić information content (AvgIpc) is 1.13. The summed E-state index contributed by atoms with van der Waals surface area (Å²) in [5.74, 6) is 0.747. The van der Waals surface area contributed by atoms with Gasteiger partial charge >= 0.3 is 11.9 Å². The lowest BCUT2D eigenvalue weighted by Gasteiger charge is -2.41. The molecule has 454 valence electrons. The van der Waals surface area contributed by atoms with Crippen molar-refractivity contribution in [3.63, 3.8) is 0 Å². The molecule has 3 aliphatic heterocycles. The molecule has 0 fully saturated rings. The Balaban J connectivity index is 0.000000140. The highest BCUT2D eigenvalue weighted by Crippen LogP contribution is 2.47. The first-order valence-electron chi connectivity index (χ1n) is 28.5. The maximum absolute atomic E-state index is 11.9. The van der Waals surface area contributed by atoms with Gasteiger partial charge in [-0.3, -0.25) is 30.4 Å². The first kappa shape index (κ1) is 61.8. The number of hydrazone groups is 3. The predicted octanol–water partition coefficient (Wildman–Crippen LogP) is 12.7. The van der Waals surface area contributed by atoms with Crippen molar-refractivity contribution >= 4 is 73.7 Å². The van der Waals surface area contributed by atoms with E-state index in [0.717, 1.165) is 47.0 Å². The van der Waals surface area contributed by atoms with E-state index in [1.54, 1.807) is 18.8 Å². The molecule has 0 amide bonds. The van der Waals surface area contributed by atoms with Crippen LogP contribution in [0, 0.1) is 5.41 Å². The Bertz CT molecular complexity index is 3490. The van der Waals surface area contributed by atoms with Gasteiger partial charge in [-0.1, -0.05) is 156 Å². The highest BCUT2D eigenvalue weighted by atomic mass is 32.2. The molecule has 6 heterocycles. The fraction of sp³-hybridized carbons (Fsp3) is 0.185. The summed E-state index contributed by atoms with van der Waals surface area (Å²) in [4.78, 5) is 23.5. The van der Waals surface area contributed by atoms with E-state index >= 15 is 0 Å². The van der Waals surface area contributed by atoms with E-state index in [1.165, 1.54) is 13.8 Å².